The quantitative estimate of drug-likeness (QED) is 0.662. The summed E-state index contributed by atoms with van der Waals surface area (Å²) < 4.78 is 0. The Kier molecular flexibility index (Phi) is 3.22. The van der Waals surface area contributed by atoms with Crippen LogP contribution in [0.3, 0.4) is 0 Å². The van der Waals surface area contributed by atoms with Crippen LogP contribution in [0, 0.1) is 6.92 Å². The van der Waals surface area contributed by atoms with Gasteiger partial charge in [-0.2, -0.15) is 0 Å². The smallest absolute Gasteiger partial charge is 0.225 e. The zero-order chi connectivity index (χ0) is 12.5. The average Bonchev–Trinajstić information content (AvgIpc) is 2.71. The Morgan fingerprint density at radius 2 is 2.28 bits per heavy atom. The highest BCUT2D eigenvalue weighted by Crippen LogP contribution is 2.30. The van der Waals surface area contributed by atoms with Crippen molar-refractivity contribution in [3.8, 4) is 0 Å². The van der Waals surface area contributed by atoms with Crippen LogP contribution in [-0.4, -0.2) is 16.0 Å². The zero-order valence-electron chi connectivity index (χ0n) is 10.1. The van der Waals surface area contributed by atoms with E-state index in [0.29, 0.717) is 11.3 Å². The summed E-state index contributed by atoms with van der Waals surface area (Å²) in [5, 5.41) is 4.90. The second-order valence-corrected chi connectivity index (χ2v) is 6.12. The van der Waals surface area contributed by atoms with Gasteiger partial charge in [0.05, 0.1) is 5.39 Å². The van der Waals surface area contributed by atoms with Crippen LogP contribution in [0.1, 0.15) is 24.1 Å². The molecule has 0 radical (unpaired) electrons. The first kappa shape index (κ1) is 11.9. The molecule has 1 atom stereocenters. The monoisotopic (exact) mass is 279 g/mol. The van der Waals surface area contributed by atoms with E-state index in [-0.39, 0.29) is 0 Å². The van der Waals surface area contributed by atoms with Gasteiger partial charge in [0.1, 0.15) is 10.6 Å². The molecule has 1 aliphatic carbocycles. The van der Waals surface area contributed by atoms with E-state index >= 15 is 0 Å². The summed E-state index contributed by atoms with van der Waals surface area (Å²) in [4.78, 5) is 10.8. The predicted molar refractivity (Wildman–Crippen MR) is 77.6 cm³/mol. The molecule has 5 heteroatoms. The maximum Gasteiger partial charge on any atom is 0.225 e. The normalized spacial score (nSPS) is 19.3. The summed E-state index contributed by atoms with van der Waals surface area (Å²) in [5.74, 6) is 0.870. The van der Waals surface area contributed by atoms with Crippen molar-refractivity contribution in [2.45, 2.75) is 32.2 Å². The summed E-state index contributed by atoms with van der Waals surface area (Å²) in [5.41, 5.74) is 0. The van der Waals surface area contributed by atoms with Crippen molar-refractivity contribution in [2.24, 2.45) is 0 Å². The lowest BCUT2D eigenvalue weighted by molar-refractivity contribution is 0.643. The van der Waals surface area contributed by atoms with Gasteiger partial charge in [-0.1, -0.05) is 12.2 Å². The van der Waals surface area contributed by atoms with Gasteiger partial charge in [-0.15, -0.1) is 11.3 Å². The lowest BCUT2D eigenvalue weighted by Crippen LogP contribution is -2.21. The molecular weight excluding hydrogens is 266 g/mol. The molecule has 1 unspecified atom stereocenters. The van der Waals surface area contributed by atoms with E-state index in [4.69, 9.17) is 11.6 Å². The molecule has 2 aromatic rings. The highest BCUT2D eigenvalue weighted by molar-refractivity contribution is 7.18. The number of nitrogens with one attached hydrogen (secondary N) is 1. The van der Waals surface area contributed by atoms with Crippen molar-refractivity contribution < 1.29 is 0 Å². The fourth-order valence-corrected chi connectivity index (χ4v) is 3.34. The number of fused-ring (bicyclic) bond motifs is 1. The van der Waals surface area contributed by atoms with E-state index in [1.807, 2.05) is 0 Å². The topological polar surface area (TPSA) is 37.8 Å². The number of anilines is 1. The molecule has 1 N–H and O–H groups in total. The number of nitrogens with zero attached hydrogens (tertiary/aromatic N) is 2. The third-order valence-electron chi connectivity index (χ3n) is 3.10. The SMILES string of the molecule is Cc1cc2c(NC3CC=CCC3)nc(Cl)nc2s1. The highest BCUT2D eigenvalue weighted by Gasteiger charge is 2.14. The molecule has 3 rings (SSSR count). The van der Waals surface area contributed by atoms with Gasteiger partial charge in [0.2, 0.25) is 5.28 Å². The van der Waals surface area contributed by atoms with Gasteiger partial charge in [0.25, 0.3) is 0 Å². The minimum Gasteiger partial charge on any atom is -0.366 e. The summed E-state index contributed by atoms with van der Waals surface area (Å²) in [7, 11) is 0. The number of hydrogen-bond donors (Lipinski definition) is 1. The van der Waals surface area contributed by atoms with Crippen LogP contribution < -0.4 is 5.32 Å². The van der Waals surface area contributed by atoms with Gasteiger partial charge in [0, 0.05) is 10.9 Å². The van der Waals surface area contributed by atoms with Gasteiger partial charge in [-0.3, -0.25) is 0 Å². The fourth-order valence-electron chi connectivity index (χ4n) is 2.24. The van der Waals surface area contributed by atoms with Crippen molar-refractivity contribution in [1.82, 2.24) is 9.97 Å². The van der Waals surface area contributed by atoms with E-state index in [1.54, 1.807) is 11.3 Å². The molecule has 3 nitrogen and oxygen atoms in total. The fraction of sp³-hybridized carbons (Fsp3) is 0.385. The Balaban J connectivity index is 1.96. The minimum atomic E-state index is 0.318. The van der Waals surface area contributed by atoms with Crippen molar-refractivity contribution in [3.63, 3.8) is 0 Å². The highest BCUT2D eigenvalue weighted by atomic mass is 35.5. The van der Waals surface area contributed by atoms with E-state index in [2.05, 4.69) is 40.4 Å². The molecule has 18 heavy (non-hydrogen) atoms. The first-order valence-electron chi connectivity index (χ1n) is 6.07. The number of hydrogen-bond acceptors (Lipinski definition) is 4. The maximum atomic E-state index is 5.98. The molecule has 1 aliphatic rings. The zero-order valence-corrected chi connectivity index (χ0v) is 11.7. The van der Waals surface area contributed by atoms with Crippen LogP contribution in [-0.2, 0) is 0 Å². The van der Waals surface area contributed by atoms with Crippen LogP contribution in [0.2, 0.25) is 5.28 Å². The van der Waals surface area contributed by atoms with Crippen molar-refractivity contribution in [2.75, 3.05) is 5.32 Å². The Morgan fingerprint density at radius 1 is 1.39 bits per heavy atom. The van der Waals surface area contributed by atoms with Gasteiger partial charge in [-0.05, 0) is 43.9 Å². The summed E-state index contributed by atoms with van der Waals surface area (Å²) in [6, 6.07) is 2.57. The van der Waals surface area contributed by atoms with Crippen LogP contribution in [0.4, 0.5) is 5.82 Å². The Morgan fingerprint density at radius 3 is 3.06 bits per heavy atom. The average molecular weight is 280 g/mol. The van der Waals surface area contributed by atoms with E-state index in [1.165, 1.54) is 4.88 Å². The molecule has 0 saturated heterocycles. The maximum absolute atomic E-state index is 5.98. The number of thiophene rings is 1. The summed E-state index contributed by atoms with van der Waals surface area (Å²) in [6.45, 7) is 2.08. The van der Waals surface area contributed by atoms with Crippen LogP contribution in [0.15, 0.2) is 18.2 Å². The minimum absolute atomic E-state index is 0.318. The predicted octanol–water partition coefficient (Wildman–Crippen LogP) is 4.17. The number of halogens is 1. The van der Waals surface area contributed by atoms with Crippen molar-refractivity contribution in [3.05, 3.63) is 28.4 Å². The molecule has 0 saturated carbocycles. The second kappa shape index (κ2) is 4.86. The van der Waals surface area contributed by atoms with Gasteiger partial charge >= 0.3 is 0 Å². The van der Waals surface area contributed by atoms with Crippen LogP contribution in [0.5, 0.6) is 0 Å². The molecule has 0 spiro atoms. The lowest BCUT2D eigenvalue weighted by Gasteiger charge is -2.20. The first-order chi connectivity index (χ1) is 8.72. The number of rotatable bonds is 2. The Hall–Kier alpha value is -1.13. The van der Waals surface area contributed by atoms with Gasteiger partial charge in [-0.25, -0.2) is 9.97 Å². The second-order valence-electron chi connectivity index (χ2n) is 4.54. The van der Waals surface area contributed by atoms with E-state index in [9.17, 15) is 0 Å². The molecule has 0 aliphatic heterocycles. The summed E-state index contributed by atoms with van der Waals surface area (Å²) >= 11 is 7.63. The van der Waals surface area contributed by atoms with Crippen LogP contribution >= 0.6 is 22.9 Å². The van der Waals surface area contributed by atoms with Gasteiger partial charge < -0.3 is 5.32 Å². The molecule has 94 valence electrons. The first-order valence-corrected chi connectivity index (χ1v) is 7.27. The van der Waals surface area contributed by atoms with Gasteiger partial charge in [0.15, 0.2) is 0 Å². The number of aryl methyl sites for hydroxylation is 1. The molecule has 0 amide bonds. The van der Waals surface area contributed by atoms with E-state index in [0.717, 1.165) is 35.3 Å². The molecule has 0 bridgehead atoms. The third-order valence-corrected chi connectivity index (χ3v) is 4.21. The molecule has 2 heterocycles. The van der Waals surface area contributed by atoms with E-state index < -0.39 is 0 Å². The third kappa shape index (κ3) is 2.35. The standard InChI is InChI=1S/C13H14ClN3S/c1-8-7-10-11(15-9-5-3-2-4-6-9)16-13(14)17-12(10)18-8/h2-3,7,9H,4-6H2,1H3,(H,15,16,17). The number of allylic oxidation sites excluding steroid dienone is 1. The largest absolute Gasteiger partial charge is 0.366 e. The Bertz CT molecular complexity index is 606. The summed E-state index contributed by atoms with van der Waals surface area (Å²) in [6.07, 6.45) is 7.77. The molecule has 0 aromatic carbocycles. The molecular formula is C13H14ClN3S. The Labute approximate surface area is 115 Å². The molecule has 0 fully saturated rings. The van der Waals surface area contributed by atoms with Crippen LogP contribution in [0.25, 0.3) is 10.2 Å². The number of aromatic nitrogens is 2. The molecule has 2 aromatic heterocycles. The van der Waals surface area contributed by atoms with Crippen molar-refractivity contribution in [1.29, 1.82) is 0 Å². The lowest BCUT2D eigenvalue weighted by atomic mass is 10.0. The van der Waals surface area contributed by atoms with Crippen molar-refractivity contribution >= 4 is 39.0 Å².